The molecule has 0 saturated heterocycles. The van der Waals surface area contributed by atoms with Crippen LogP contribution >= 0.6 is 56.7 Å². The first-order valence-corrected chi connectivity index (χ1v) is 56.6. The van der Waals surface area contributed by atoms with E-state index in [2.05, 4.69) is 172 Å². The van der Waals surface area contributed by atoms with Gasteiger partial charge in [-0.05, 0) is 332 Å². The van der Waals surface area contributed by atoms with Crippen LogP contribution < -0.4 is 25.8 Å². The first-order valence-electron chi connectivity index (χ1n) is 52.5. The second-order valence-electron chi connectivity index (χ2n) is 45.8. The molecule has 9 aromatic rings. The standard InChI is InChI=1S/C28H38N4O3S.2C27H36N4O3S.C20H26N4O2S.C12H15NO2S/c1-19-6-8-20(9-7-19)26(33)32(22-12-10-21(11-13-22)31-18-29-17-30-31)24-16-23(14-15-28(2,3)4)36-25(24)27(34)35-5;2*1-18-5-7-19(8-6-18)25(32)31(21-11-9-20(10-12-21)30-17-28-16-29-30)23-15-22(13-14-27(2,3)4)35-24(23)26(33)34;1-20(2,3)10-9-16-11-17(18(27-16)19(25)26-4)23-14-5-7-15(8-6-14)24-13-21-12-22-24;1-12(2,3)6-5-8-7-9(13)10(16-8)11(14)15-4/h16-22H,6-13H2,1-5H3;2*15-21H,5-12H2,1-4H3,(H,33,34);11-15,23H,5-8H2,1-4H3;7H,13H2,1-4H3. The van der Waals surface area contributed by atoms with E-state index in [4.69, 9.17) is 15.2 Å². The molecule has 0 bridgehead atoms. The molecule has 0 atom stereocenters. The number of thiophene rings is 5. The van der Waals surface area contributed by atoms with Gasteiger partial charge < -0.3 is 50.2 Å². The number of anilines is 5. The fourth-order valence-corrected chi connectivity index (χ4v) is 24.2. The van der Waals surface area contributed by atoms with E-state index in [0.717, 1.165) is 200 Å². The molecule has 30 nitrogen and oxygen atoms in total. The van der Waals surface area contributed by atoms with Gasteiger partial charge in [0, 0.05) is 69.0 Å². The average Bonchev–Trinajstić information content (AvgIpc) is 1.68. The molecule has 7 aliphatic rings. The molecule has 149 heavy (non-hydrogen) atoms. The highest BCUT2D eigenvalue weighted by Gasteiger charge is 2.43. The summed E-state index contributed by atoms with van der Waals surface area (Å²) < 4.78 is 22.4. The van der Waals surface area contributed by atoms with Crippen molar-refractivity contribution in [1.82, 2.24) is 59.1 Å². The third kappa shape index (κ3) is 33.6. The van der Waals surface area contributed by atoms with Crippen LogP contribution in [0.25, 0.3) is 0 Å². The predicted molar refractivity (Wildman–Crippen MR) is 590 cm³/mol. The Balaban J connectivity index is 0.000000169. The van der Waals surface area contributed by atoms with E-state index in [-0.39, 0.29) is 115 Å². The van der Waals surface area contributed by atoms with Gasteiger partial charge in [-0.3, -0.25) is 14.4 Å². The number of esters is 3. The minimum absolute atomic E-state index is 0.0104. The Morgan fingerprint density at radius 2 is 0.577 bits per heavy atom. The Morgan fingerprint density at radius 1 is 0.336 bits per heavy atom. The van der Waals surface area contributed by atoms with Crippen molar-refractivity contribution in [2.24, 2.45) is 62.6 Å². The molecule has 0 spiro atoms. The quantitative estimate of drug-likeness (QED) is 0.0313. The maximum absolute atomic E-state index is 14.1. The average molecular weight is 2130 g/mol. The number of carboxylic acids is 2. The Kier molecular flexibility index (Phi) is 40.7. The van der Waals surface area contributed by atoms with Crippen LogP contribution in [0.1, 0.15) is 401 Å². The van der Waals surface area contributed by atoms with E-state index in [0.29, 0.717) is 77.0 Å². The summed E-state index contributed by atoms with van der Waals surface area (Å²) in [4.78, 5) is 131. The summed E-state index contributed by atoms with van der Waals surface area (Å²) in [5.74, 6) is 30.7. The van der Waals surface area contributed by atoms with Gasteiger partial charge in [0.05, 0.1) is 98.3 Å². The number of nitrogens with one attached hydrogen (secondary N) is 1. The number of hydrogen-bond acceptors (Lipinski definition) is 26. The Morgan fingerprint density at radius 3 is 0.846 bits per heavy atom. The Labute approximate surface area is 899 Å². The minimum Gasteiger partial charge on any atom is -0.477 e. The minimum atomic E-state index is -1.000. The Hall–Kier alpha value is -11.8. The van der Waals surface area contributed by atoms with Crippen LogP contribution in [0, 0.1) is 122 Å². The van der Waals surface area contributed by atoms with Gasteiger partial charge in [-0.25, -0.2) is 62.6 Å². The van der Waals surface area contributed by atoms with Gasteiger partial charge in [-0.1, -0.05) is 80.0 Å². The lowest BCUT2D eigenvalue weighted by molar-refractivity contribution is -0.125. The number of aromatic nitrogens is 12. The molecule has 35 heteroatoms. The molecule has 0 aliphatic heterocycles. The molecule has 7 fully saturated rings. The maximum Gasteiger partial charge on any atom is 0.350 e. The topological polar surface area (TPSA) is 375 Å². The highest BCUT2D eigenvalue weighted by atomic mass is 32.1. The molecule has 7 saturated carbocycles. The molecule has 0 radical (unpaired) electrons. The molecule has 16 rings (SSSR count). The predicted octanol–water partition coefficient (Wildman–Crippen LogP) is 24.1. The van der Waals surface area contributed by atoms with Crippen molar-refractivity contribution < 1.29 is 62.8 Å². The van der Waals surface area contributed by atoms with E-state index < -0.39 is 23.9 Å². The molecule has 800 valence electrons. The second-order valence-corrected chi connectivity index (χ2v) is 51.1. The normalized spacial score (nSPS) is 22.3. The van der Waals surface area contributed by atoms with Gasteiger partial charge in [-0.15, -0.1) is 56.7 Å². The molecule has 0 aromatic carbocycles. The monoisotopic (exact) mass is 2130 g/mol. The summed E-state index contributed by atoms with van der Waals surface area (Å²) in [6, 6.07) is 10.8. The zero-order valence-electron chi connectivity index (χ0n) is 90.6. The SMILES string of the molecule is CC1CCC(C(=O)N(c2cc(C#CC(C)(C)C)sc2C(=O)O)C2CCC(n3cncn3)CC2)CC1.CC1CCC(C(=O)N(c2cc(C#CC(C)(C)C)sc2C(=O)O)C2CCC(n3cncn3)CC2)CC1.COC(=O)c1sc(C#CC(C)(C)C)cc1N.COC(=O)c1sc(C#CC(C)(C)C)cc1N(C(=O)C1CCC(C)CC1)C1CCC(n2cncn2)CC1.COC(=O)c1sc(C#CC(C)(C)C)cc1NC1CCC(n2cncn2)CC1. The molecule has 9 aromatic heterocycles. The van der Waals surface area contributed by atoms with Crippen molar-refractivity contribution in [1.29, 1.82) is 0 Å². The zero-order chi connectivity index (χ0) is 108. The fourth-order valence-electron chi connectivity index (χ4n) is 19.8. The molecule has 9 heterocycles. The number of nitrogens with zero attached hydrogens (tertiary/aromatic N) is 15. The number of rotatable bonds is 20. The van der Waals surface area contributed by atoms with E-state index in [1.165, 1.54) is 78.0 Å². The van der Waals surface area contributed by atoms with Crippen LogP contribution in [0.15, 0.2) is 81.0 Å². The van der Waals surface area contributed by atoms with Crippen LogP contribution in [-0.2, 0) is 28.6 Å². The van der Waals surface area contributed by atoms with Crippen LogP contribution in [0.4, 0.5) is 28.4 Å². The third-order valence-electron chi connectivity index (χ3n) is 27.9. The van der Waals surface area contributed by atoms with E-state index in [1.807, 2.05) is 120 Å². The molecule has 7 aliphatic carbocycles. The number of carboxylic acid groups (broad SMARTS) is 2. The maximum atomic E-state index is 14.1. The van der Waals surface area contributed by atoms with E-state index >= 15 is 0 Å². The summed E-state index contributed by atoms with van der Waals surface area (Å²) in [6.45, 7) is 37.4. The molecular weight excluding hydrogens is 1980 g/mol. The number of carbonyl (C=O) groups excluding carboxylic acids is 6. The van der Waals surface area contributed by atoms with Crippen molar-refractivity contribution in [2.75, 3.05) is 47.1 Å². The van der Waals surface area contributed by atoms with Crippen molar-refractivity contribution >= 4 is 133 Å². The smallest absolute Gasteiger partial charge is 0.350 e. The lowest BCUT2D eigenvalue weighted by atomic mass is 9.81. The second kappa shape index (κ2) is 52.3. The van der Waals surface area contributed by atoms with Crippen LogP contribution in [0.5, 0.6) is 0 Å². The highest BCUT2D eigenvalue weighted by Crippen LogP contribution is 2.47. The first-order chi connectivity index (χ1) is 70.6. The molecular formula is C114H151N17O13S5. The summed E-state index contributed by atoms with van der Waals surface area (Å²) in [5.41, 5.74) is 7.97. The number of amides is 3. The van der Waals surface area contributed by atoms with Gasteiger partial charge in [0.25, 0.3) is 0 Å². The lowest BCUT2D eigenvalue weighted by Crippen LogP contribution is -2.46. The number of nitrogens with two attached hydrogens (primary N) is 1. The van der Waals surface area contributed by atoms with Crippen LogP contribution in [0.3, 0.4) is 0 Å². The van der Waals surface area contributed by atoms with Crippen LogP contribution in [0.2, 0.25) is 0 Å². The van der Waals surface area contributed by atoms with Gasteiger partial charge in [-0.2, -0.15) is 20.4 Å². The van der Waals surface area contributed by atoms with Gasteiger partial charge in [0.1, 0.15) is 75.0 Å². The van der Waals surface area contributed by atoms with Gasteiger partial charge in [0.2, 0.25) is 17.7 Å². The van der Waals surface area contributed by atoms with Crippen LogP contribution in [-0.4, -0.2) is 162 Å². The van der Waals surface area contributed by atoms with Crippen molar-refractivity contribution in [3.8, 4) is 59.2 Å². The summed E-state index contributed by atoms with van der Waals surface area (Å²) in [7, 11) is 4.14. The van der Waals surface area contributed by atoms with E-state index in [9.17, 15) is 48.6 Å². The highest BCUT2D eigenvalue weighted by molar-refractivity contribution is 7.16. The molecule has 5 N–H and O–H groups in total. The third-order valence-corrected chi connectivity index (χ3v) is 33.1. The van der Waals surface area contributed by atoms with Crippen molar-refractivity contribution in [3.05, 3.63) is 130 Å². The van der Waals surface area contributed by atoms with Crippen molar-refractivity contribution in [3.63, 3.8) is 0 Å². The summed E-state index contributed by atoms with van der Waals surface area (Å²) in [5, 5.41) is 40.8. The molecule has 0 unspecified atom stereocenters. The number of methoxy groups -OCH3 is 3. The van der Waals surface area contributed by atoms with Gasteiger partial charge in [0.15, 0.2) is 0 Å². The van der Waals surface area contributed by atoms with Gasteiger partial charge >= 0.3 is 29.8 Å². The number of carbonyl (C=O) groups is 8. The number of hydrogen-bond donors (Lipinski definition) is 4. The lowest BCUT2D eigenvalue weighted by Gasteiger charge is -2.39. The number of ether oxygens (including phenoxy) is 3. The first kappa shape index (κ1) is 116. The largest absolute Gasteiger partial charge is 0.477 e. The number of aromatic carboxylic acids is 2. The summed E-state index contributed by atoms with van der Waals surface area (Å²) in [6.07, 6.45) is 39.2. The Bertz CT molecular complexity index is 6140. The fraction of sp³-hybridized carbons (Fsp3) is 0.596. The van der Waals surface area contributed by atoms with E-state index in [1.54, 1.807) is 56.7 Å². The molecule has 3 amide bonds. The number of nitrogen functional groups attached to an aromatic ring is 1. The van der Waals surface area contributed by atoms with Crippen molar-refractivity contribution in [2.45, 2.75) is 353 Å². The zero-order valence-corrected chi connectivity index (χ0v) is 94.7. The summed E-state index contributed by atoms with van der Waals surface area (Å²) >= 11 is 6.32.